The molecule has 0 bridgehead atoms. The van der Waals surface area contributed by atoms with Gasteiger partial charge in [0.1, 0.15) is 43.2 Å². The highest BCUT2D eigenvalue weighted by Gasteiger charge is 2.54. The van der Waals surface area contributed by atoms with E-state index in [2.05, 4.69) is 48.8 Å². The Bertz CT molecular complexity index is 1540. The number of carbonyl (C=O) groups excluding carboxylic acids is 2. The Balaban J connectivity index is 2.69. The Morgan fingerprint density at radius 1 is 0.578 bits per heavy atom. The first kappa shape index (κ1) is 59.4. The van der Waals surface area contributed by atoms with Gasteiger partial charge in [0, 0.05) is 12.8 Å². The van der Waals surface area contributed by atoms with Gasteiger partial charge in [-0.15, -0.1) is 0 Å². The van der Waals surface area contributed by atoms with Gasteiger partial charge in [0.05, 0.1) is 12.7 Å². The molecule has 1 rings (SSSR count). The van der Waals surface area contributed by atoms with Crippen LogP contribution in [0, 0.1) is 0 Å². The summed E-state index contributed by atoms with van der Waals surface area (Å²) in [6.07, 6.45) is 23.3. The minimum Gasteiger partial charge on any atom is -0.462 e. The number of aliphatic hydroxyl groups excluding tert-OH is 5. The normalized spacial score (nSPS) is 23.0. The Morgan fingerprint density at radius 2 is 1.14 bits per heavy atom. The molecule has 9 atom stereocenters. The van der Waals surface area contributed by atoms with E-state index in [1.807, 2.05) is 30.4 Å². The molecule has 19 heteroatoms. The molecule has 0 amide bonds. The standard InChI is InChI=1S/C45H76O17P2/c1-3-5-7-9-11-12-13-14-15-16-21-25-29-33-39(48)60-37(35-59-64(56,57)62-45-42(51)40(49)41(50)44(43(45)52)61-63(53,54)55)34-58-38(47)32-28-24-20-18-17-19-23-27-31-36(46)30-26-22-10-8-6-4-2/h7,9,12-13,18-20,22-23,26-27,31,36-37,40-46,49-52H,3-6,8,10-11,14-17,21,24-25,28-30,32-35H2,1-2H3,(H,56,57)(H2,53,54,55)/b9-7-,13-12-,20-18-,23-19-,26-22-,31-27+/t36-,37-,40?,41?,42?,43?,44-,45+/m1/s1. The largest absolute Gasteiger partial charge is 0.472 e. The van der Waals surface area contributed by atoms with Crippen molar-refractivity contribution in [3.05, 3.63) is 72.9 Å². The number of phosphoric ester groups is 2. The second-order valence-corrected chi connectivity index (χ2v) is 18.2. The summed E-state index contributed by atoms with van der Waals surface area (Å²) >= 11 is 0. The fourth-order valence-corrected chi connectivity index (χ4v) is 7.80. The van der Waals surface area contributed by atoms with E-state index >= 15 is 0 Å². The van der Waals surface area contributed by atoms with Gasteiger partial charge < -0.3 is 49.7 Å². The number of carbonyl (C=O) groups is 2. The van der Waals surface area contributed by atoms with Crippen molar-refractivity contribution in [2.75, 3.05) is 13.2 Å². The Kier molecular flexibility index (Phi) is 33.0. The molecule has 64 heavy (non-hydrogen) atoms. The number of unbranched alkanes of at least 4 members (excludes halogenated alkanes) is 10. The number of esters is 2. The van der Waals surface area contributed by atoms with Crippen LogP contribution in [0.4, 0.5) is 0 Å². The van der Waals surface area contributed by atoms with Gasteiger partial charge in [-0.3, -0.25) is 23.2 Å². The van der Waals surface area contributed by atoms with Crippen LogP contribution in [-0.2, 0) is 41.8 Å². The maximum Gasteiger partial charge on any atom is 0.472 e. The molecule has 368 valence electrons. The number of hydrogen-bond acceptors (Lipinski definition) is 14. The van der Waals surface area contributed by atoms with Gasteiger partial charge in [0.2, 0.25) is 0 Å². The summed E-state index contributed by atoms with van der Waals surface area (Å²) in [5.74, 6) is -1.33. The van der Waals surface area contributed by atoms with E-state index in [0.717, 1.165) is 64.2 Å². The van der Waals surface area contributed by atoms with Crippen LogP contribution in [0.25, 0.3) is 0 Å². The minimum absolute atomic E-state index is 0.0000219. The maximum atomic E-state index is 13.0. The zero-order valence-electron chi connectivity index (χ0n) is 37.5. The van der Waals surface area contributed by atoms with E-state index in [4.69, 9.17) is 28.3 Å². The summed E-state index contributed by atoms with van der Waals surface area (Å²) < 4.78 is 49.2. The first-order chi connectivity index (χ1) is 30.5. The fourth-order valence-electron chi connectivity index (χ4n) is 6.26. The van der Waals surface area contributed by atoms with Crippen molar-refractivity contribution < 1.29 is 82.0 Å². The van der Waals surface area contributed by atoms with Crippen LogP contribution >= 0.6 is 15.6 Å². The van der Waals surface area contributed by atoms with Crippen molar-refractivity contribution in [3.8, 4) is 0 Å². The van der Waals surface area contributed by atoms with Crippen molar-refractivity contribution >= 4 is 27.6 Å². The summed E-state index contributed by atoms with van der Waals surface area (Å²) in [4.78, 5) is 54.1. The van der Waals surface area contributed by atoms with Crippen LogP contribution < -0.4 is 0 Å². The third kappa shape index (κ3) is 29.8. The van der Waals surface area contributed by atoms with Gasteiger partial charge >= 0.3 is 27.6 Å². The van der Waals surface area contributed by atoms with Crippen LogP contribution in [0.3, 0.4) is 0 Å². The van der Waals surface area contributed by atoms with E-state index in [1.165, 1.54) is 12.8 Å². The van der Waals surface area contributed by atoms with Crippen LogP contribution in [0.5, 0.6) is 0 Å². The number of ether oxygens (including phenoxy) is 2. The number of hydrogen-bond donors (Lipinski definition) is 8. The molecule has 0 saturated heterocycles. The number of phosphoric acid groups is 2. The SMILES string of the molecule is CCC/C=C\C/C=C\CCCCCCCC(=O)O[C@H](COC(=O)CCC/C=C\C/C=C\C=C\[C@H](O)C/C=C\CCCCC)COP(=O)(O)O[C@H]1C(O)C(O)C(O)[C@@H](OP(=O)(O)O)C1O. The maximum absolute atomic E-state index is 13.0. The predicted molar refractivity (Wildman–Crippen MR) is 242 cm³/mol. The molecule has 0 aromatic rings. The van der Waals surface area contributed by atoms with E-state index in [-0.39, 0.29) is 12.8 Å². The average molecular weight is 951 g/mol. The minimum atomic E-state index is -5.38. The molecule has 1 saturated carbocycles. The van der Waals surface area contributed by atoms with E-state index in [9.17, 15) is 49.1 Å². The van der Waals surface area contributed by atoms with Gasteiger partial charge in [0.15, 0.2) is 6.10 Å². The van der Waals surface area contributed by atoms with Crippen LogP contribution in [0.1, 0.15) is 136 Å². The van der Waals surface area contributed by atoms with Gasteiger partial charge in [0.25, 0.3) is 0 Å². The lowest BCUT2D eigenvalue weighted by Crippen LogP contribution is -2.64. The molecule has 0 spiro atoms. The Labute approximate surface area is 379 Å². The molecule has 0 heterocycles. The van der Waals surface area contributed by atoms with Gasteiger partial charge in [-0.25, -0.2) is 9.13 Å². The summed E-state index contributed by atoms with van der Waals surface area (Å²) in [7, 11) is -10.7. The molecule has 0 aromatic heterocycles. The van der Waals surface area contributed by atoms with Crippen molar-refractivity contribution in [2.45, 2.75) is 185 Å². The molecule has 1 fully saturated rings. The topological polar surface area (TPSA) is 276 Å². The van der Waals surface area contributed by atoms with Gasteiger partial charge in [-0.2, -0.15) is 0 Å². The molecular weight excluding hydrogens is 874 g/mol. The molecule has 0 radical (unpaired) electrons. The van der Waals surface area contributed by atoms with Crippen molar-refractivity contribution in [2.24, 2.45) is 0 Å². The first-order valence-corrected chi connectivity index (χ1v) is 25.6. The average Bonchev–Trinajstić information content (AvgIpc) is 3.24. The lowest BCUT2D eigenvalue weighted by molar-refractivity contribution is -0.216. The van der Waals surface area contributed by atoms with Crippen LogP contribution in [-0.4, -0.2) is 114 Å². The highest BCUT2D eigenvalue weighted by molar-refractivity contribution is 7.47. The smallest absolute Gasteiger partial charge is 0.462 e. The van der Waals surface area contributed by atoms with Gasteiger partial charge in [-0.1, -0.05) is 125 Å². The second kappa shape index (κ2) is 35.6. The number of allylic oxidation sites excluding steroid dienone is 10. The Hall–Kier alpha value is -2.60. The highest BCUT2D eigenvalue weighted by Crippen LogP contribution is 2.49. The van der Waals surface area contributed by atoms with Gasteiger partial charge in [-0.05, 0) is 70.6 Å². The third-order valence-corrected chi connectivity index (χ3v) is 11.3. The lowest BCUT2D eigenvalue weighted by atomic mass is 9.85. The summed E-state index contributed by atoms with van der Waals surface area (Å²) in [6.45, 7) is 2.86. The van der Waals surface area contributed by atoms with E-state index in [0.29, 0.717) is 32.1 Å². The van der Waals surface area contributed by atoms with E-state index in [1.54, 1.807) is 12.2 Å². The summed E-state index contributed by atoms with van der Waals surface area (Å²) in [5, 5.41) is 51.2. The Morgan fingerprint density at radius 3 is 1.80 bits per heavy atom. The first-order valence-electron chi connectivity index (χ1n) is 22.6. The number of aliphatic hydroxyl groups is 5. The zero-order valence-corrected chi connectivity index (χ0v) is 39.3. The van der Waals surface area contributed by atoms with Crippen molar-refractivity contribution in [1.82, 2.24) is 0 Å². The lowest BCUT2D eigenvalue weighted by Gasteiger charge is -2.43. The molecule has 1 aliphatic rings. The van der Waals surface area contributed by atoms with Crippen molar-refractivity contribution in [1.29, 1.82) is 0 Å². The molecular formula is C45H76O17P2. The molecule has 5 unspecified atom stereocenters. The zero-order chi connectivity index (χ0) is 47.6. The van der Waals surface area contributed by atoms with Crippen LogP contribution in [0.2, 0.25) is 0 Å². The predicted octanol–water partition coefficient (Wildman–Crippen LogP) is 7.03. The molecule has 1 aliphatic carbocycles. The van der Waals surface area contributed by atoms with Crippen LogP contribution in [0.15, 0.2) is 72.9 Å². The third-order valence-electron chi connectivity index (χ3n) is 9.81. The van der Waals surface area contributed by atoms with E-state index < -0.39 is 89.6 Å². The summed E-state index contributed by atoms with van der Waals surface area (Å²) in [6, 6.07) is 0. The molecule has 8 N–H and O–H groups in total. The molecule has 0 aromatic carbocycles. The highest BCUT2D eigenvalue weighted by atomic mass is 31.2. The quantitative estimate of drug-likeness (QED) is 0.0103. The fraction of sp³-hybridized carbons (Fsp3) is 0.689. The number of rotatable bonds is 36. The summed E-state index contributed by atoms with van der Waals surface area (Å²) in [5.41, 5.74) is 0. The molecule has 17 nitrogen and oxygen atoms in total. The van der Waals surface area contributed by atoms with Crippen molar-refractivity contribution in [3.63, 3.8) is 0 Å². The monoisotopic (exact) mass is 950 g/mol. The molecule has 0 aliphatic heterocycles. The second-order valence-electron chi connectivity index (χ2n) is 15.6.